The predicted molar refractivity (Wildman–Crippen MR) is 177 cm³/mol. The number of rotatable bonds is 12. The van der Waals surface area contributed by atoms with Crippen molar-refractivity contribution in [1.82, 2.24) is 20.9 Å². The second-order valence-corrected chi connectivity index (χ2v) is 19.1. The molecular weight excluding hydrogens is 588 g/mol. The molecule has 4 N–H and O–H groups in total. The lowest BCUT2D eigenvalue weighted by molar-refractivity contribution is -0.144. The van der Waals surface area contributed by atoms with Crippen LogP contribution in [0, 0.1) is 0 Å². The number of hydrogen-bond acceptors (Lipinski definition) is 6. The first-order valence-electron chi connectivity index (χ1n) is 16.5. The quantitative estimate of drug-likeness (QED) is 0.202. The number of fused-ring (bicyclic) bond motifs is 1. The normalized spacial score (nSPS) is 24.0. The van der Waals surface area contributed by atoms with Crippen molar-refractivity contribution in [1.29, 1.82) is 0 Å². The fraction of sp³-hybridized carbons (Fsp3) is 0.676. The lowest BCUT2D eigenvalue weighted by Crippen LogP contribution is -2.64. The first kappa shape index (κ1) is 36.4. The topological polar surface area (TPSA) is 145 Å². The summed E-state index contributed by atoms with van der Waals surface area (Å²) in [6, 6.07) is 7.63. The van der Waals surface area contributed by atoms with Crippen LogP contribution in [-0.2, 0) is 30.4 Å². The molecule has 4 unspecified atom stereocenters. The van der Waals surface area contributed by atoms with E-state index in [0.29, 0.717) is 70.4 Å². The number of amides is 4. The summed E-state index contributed by atoms with van der Waals surface area (Å²) in [7, 11) is -2.39. The van der Waals surface area contributed by atoms with E-state index < -0.39 is 43.8 Å². The molecule has 0 aromatic heterocycles. The third-order valence-electron chi connectivity index (χ3n) is 9.54. The second kappa shape index (κ2) is 15.5. The Morgan fingerprint density at radius 3 is 2.29 bits per heavy atom. The zero-order valence-electron chi connectivity index (χ0n) is 28.0. The molecular formula is C34H54N4O6Si. The maximum Gasteiger partial charge on any atom is 0.246 e. The molecule has 0 radical (unpaired) electrons. The minimum absolute atomic E-state index is 0.124. The highest BCUT2D eigenvalue weighted by atomic mass is 28.4. The number of Topliss-reactive ketones (excluding diaryl/α,β-unsaturated/α-hetero) is 1. The molecule has 0 bridgehead atoms. The SMILES string of the molecule is CC1(C)NC(=O)C(CCCCCC(=O)CCC[Si](C)(O)C(C)(C)C)NC(=O)C2CCCN2C(=O)C(Cc2ccccc2)NC1=O. The third kappa shape index (κ3) is 10.2. The molecule has 2 fully saturated rings. The summed E-state index contributed by atoms with van der Waals surface area (Å²) < 4.78 is 0. The van der Waals surface area contributed by atoms with Gasteiger partial charge in [0.25, 0.3) is 0 Å². The van der Waals surface area contributed by atoms with Gasteiger partial charge in [-0.25, -0.2) is 0 Å². The summed E-state index contributed by atoms with van der Waals surface area (Å²) in [5.41, 5.74) is -0.450. The maximum absolute atomic E-state index is 13.8. The Bertz CT molecular complexity index is 1210. The van der Waals surface area contributed by atoms with Gasteiger partial charge in [-0.1, -0.05) is 63.9 Å². The van der Waals surface area contributed by atoms with Crippen molar-refractivity contribution in [2.45, 2.75) is 140 Å². The van der Waals surface area contributed by atoms with Crippen LogP contribution in [0.2, 0.25) is 17.6 Å². The minimum atomic E-state index is -2.39. The van der Waals surface area contributed by atoms with Crippen LogP contribution in [0.4, 0.5) is 0 Å². The first-order valence-corrected chi connectivity index (χ1v) is 19.2. The molecule has 10 nitrogen and oxygen atoms in total. The van der Waals surface area contributed by atoms with E-state index in [1.165, 1.54) is 0 Å². The van der Waals surface area contributed by atoms with E-state index in [4.69, 9.17) is 0 Å². The van der Waals surface area contributed by atoms with Crippen LogP contribution < -0.4 is 16.0 Å². The number of carbonyl (C=O) groups is 5. The summed E-state index contributed by atoms with van der Waals surface area (Å²) in [4.78, 5) is 78.9. The van der Waals surface area contributed by atoms with Gasteiger partial charge in [-0.15, -0.1) is 0 Å². The average molecular weight is 643 g/mol. The average Bonchev–Trinajstić information content (AvgIpc) is 3.45. The number of nitrogens with one attached hydrogen (secondary N) is 3. The number of unbranched alkanes of at least 4 members (excludes halogenated alkanes) is 2. The van der Waals surface area contributed by atoms with E-state index in [0.717, 1.165) is 5.56 Å². The molecule has 45 heavy (non-hydrogen) atoms. The molecule has 0 saturated carbocycles. The van der Waals surface area contributed by atoms with Gasteiger partial charge >= 0.3 is 0 Å². The Morgan fingerprint density at radius 1 is 0.956 bits per heavy atom. The summed E-state index contributed by atoms with van der Waals surface area (Å²) in [5.74, 6) is -1.43. The van der Waals surface area contributed by atoms with Gasteiger partial charge in [-0.3, -0.25) is 24.0 Å². The van der Waals surface area contributed by atoms with Crippen molar-refractivity contribution >= 4 is 37.7 Å². The highest BCUT2D eigenvalue weighted by Crippen LogP contribution is 2.37. The summed E-state index contributed by atoms with van der Waals surface area (Å²) >= 11 is 0. The van der Waals surface area contributed by atoms with Crippen LogP contribution in [0.15, 0.2) is 30.3 Å². The number of nitrogens with zero attached hydrogens (tertiary/aromatic N) is 1. The highest BCUT2D eigenvalue weighted by Gasteiger charge is 2.42. The molecule has 1 aromatic rings. The Balaban J connectivity index is 1.61. The third-order valence-corrected chi connectivity index (χ3v) is 14.1. The van der Waals surface area contributed by atoms with Gasteiger partial charge in [0.2, 0.25) is 23.6 Å². The van der Waals surface area contributed by atoms with Crippen LogP contribution in [0.5, 0.6) is 0 Å². The zero-order valence-corrected chi connectivity index (χ0v) is 29.0. The molecule has 3 rings (SSSR count). The molecule has 250 valence electrons. The molecule has 0 spiro atoms. The van der Waals surface area contributed by atoms with Crippen molar-refractivity contribution < 1.29 is 28.8 Å². The van der Waals surface area contributed by atoms with Crippen molar-refractivity contribution in [3.63, 3.8) is 0 Å². The molecule has 2 saturated heterocycles. The van der Waals surface area contributed by atoms with Gasteiger partial charge in [0.05, 0.1) is 0 Å². The Labute approximate surface area is 269 Å². The van der Waals surface area contributed by atoms with Gasteiger partial charge in [-0.2, -0.15) is 0 Å². The van der Waals surface area contributed by atoms with Gasteiger partial charge in [-0.05, 0) is 69.1 Å². The summed E-state index contributed by atoms with van der Waals surface area (Å²) in [6.45, 7) is 11.7. The Hall–Kier alpha value is -3.05. The lowest BCUT2D eigenvalue weighted by atomic mass is 9.98. The fourth-order valence-corrected chi connectivity index (χ4v) is 7.47. The van der Waals surface area contributed by atoms with E-state index >= 15 is 0 Å². The smallest absolute Gasteiger partial charge is 0.246 e. The molecule has 2 aliphatic rings. The van der Waals surface area contributed by atoms with Crippen LogP contribution >= 0.6 is 0 Å². The van der Waals surface area contributed by atoms with E-state index in [1.807, 2.05) is 57.7 Å². The van der Waals surface area contributed by atoms with Crippen LogP contribution in [-0.4, -0.2) is 77.6 Å². The Kier molecular flexibility index (Phi) is 12.5. The van der Waals surface area contributed by atoms with Gasteiger partial charge in [0, 0.05) is 25.8 Å². The molecule has 4 amide bonds. The molecule has 1 aromatic carbocycles. The monoisotopic (exact) mass is 642 g/mol. The van der Waals surface area contributed by atoms with Gasteiger partial charge < -0.3 is 25.6 Å². The maximum atomic E-state index is 13.8. The van der Waals surface area contributed by atoms with Crippen molar-refractivity contribution in [2.24, 2.45) is 0 Å². The standard InChI is InChI=1S/C34H54N4O6Si/c1-33(2,3)45(6,44)22-14-18-25(39)17-11-8-12-19-26-29(40)37-34(4,5)32(43)36-27(23-24-15-9-7-10-16-24)31(42)38-21-13-20-28(38)30(41)35-26/h7,9-10,15-16,26-28,44H,8,11-14,17-23H2,1-6H3,(H,35,41)(H,36,43)(H,37,40). The van der Waals surface area contributed by atoms with E-state index in [2.05, 4.69) is 16.0 Å². The number of benzene rings is 1. The van der Waals surface area contributed by atoms with E-state index in [1.54, 1.807) is 18.7 Å². The molecule has 2 heterocycles. The second-order valence-electron chi connectivity index (χ2n) is 14.6. The zero-order chi connectivity index (χ0) is 33.4. The predicted octanol–water partition coefficient (Wildman–Crippen LogP) is 3.77. The number of carbonyl (C=O) groups excluding carboxylic acids is 5. The van der Waals surface area contributed by atoms with Crippen LogP contribution in [0.1, 0.15) is 98.0 Å². The van der Waals surface area contributed by atoms with E-state index in [9.17, 15) is 28.8 Å². The molecule has 0 aliphatic carbocycles. The number of hydrogen-bond donors (Lipinski definition) is 4. The summed E-state index contributed by atoms with van der Waals surface area (Å²) in [5, 5.41) is 8.42. The van der Waals surface area contributed by atoms with E-state index in [-0.39, 0.29) is 29.1 Å². The summed E-state index contributed by atoms with van der Waals surface area (Å²) in [6.07, 6.45) is 5.35. The van der Waals surface area contributed by atoms with Gasteiger partial charge in [0.1, 0.15) is 29.4 Å². The molecule has 4 atom stereocenters. The largest absolute Gasteiger partial charge is 0.431 e. The van der Waals surface area contributed by atoms with Crippen molar-refractivity contribution in [3.05, 3.63) is 35.9 Å². The first-order chi connectivity index (χ1) is 21.0. The highest BCUT2D eigenvalue weighted by molar-refractivity contribution is 6.74. The minimum Gasteiger partial charge on any atom is -0.431 e. The molecule has 2 aliphatic heterocycles. The van der Waals surface area contributed by atoms with Crippen LogP contribution in [0.25, 0.3) is 0 Å². The Morgan fingerprint density at radius 2 is 1.62 bits per heavy atom. The fourth-order valence-electron chi connectivity index (χ4n) is 5.86. The van der Waals surface area contributed by atoms with Crippen molar-refractivity contribution in [2.75, 3.05) is 6.54 Å². The number of ketones is 1. The molecule has 11 heteroatoms. The van der Waals surface area contributed by atoms with Crippen molar-refractivity contribution in [3.8, 4) is 0 Å². The lowest BCUT2D eigenvalue weighted by Gasteiger charge is -2.34. The van der Waals surface area contributed by atoms with Crippen LogP contribution in [0.3, 0.4) is 0 Å². The van der Waals surface area contributed by atoms with Gasteiger partial charge in [0.15, 0.2) is 8.32 Å².